The van der Waals surface area contributed by atoms with E-state index in [4.69, 9.17) is 21.1 Å². The fourth-order valence-electron chi connectivity index (χ4n) is 3.18. The molecule has 3 rings (SSSR count). The van der Waals surface area contributed by atoms with E-state index in [-0.39, 0.29) is 12.1 Å². The Balaban J connectivity index is 1.48. The van der Waals surface area contributed by atoms with E-state index in [0.29, 0.717) is 26.3 Å². The zero-order valence-electron chi connectivity index (χ0n) is 13.4. The fourth-order valence-corrected chi connectivity index (χ4v) is 3.40. The van der Waals surface area contributed by atoms with Crippen LogP contribution in [-0.4, -0.2) is 49.1 Å². The molecular formula is C17H23ClN2O3. The molecule has 5 nitrogen and oxygen atoms in total. The summed E-state index contributed by atoms with van der Waals surface area (Å²) in [4.78, 5) is 14.2. The van der Waals surface area contributed by atoms with Crippen LogP contribution < -0.4 is 5.32 Å². The molecule has 0 bridgehead atoms. The Morgan fingerprint density at radius 3 is 2.61 bits per heavy atom. The molecule has 1 spiro atoms. The summed E-state index contributed by atoms with van der Waals surface area (Å²) in [5.41, 5.74) is 1.05. The van der Waals surface area contributed by atoms with Crippen LogP contribution in [0, 0.1) is 0 Å². The second kappa shape index (κ2) is 7.07. The number of likely N-dealkylation sites (tertiary alicyclic amines) is 1. The van der Waals surface area contributed by atoms with Gasteiger partial charge in [-0.1, -0.05) is 29.8 Å². The minimum atomic E-state index is -0.444. The smallest absolute Gasteiger partial charge is 0.317 e. The highest BCUT2D eigenvalue weighted by molar-refractivity contribution is 6.31. The van der Waals surface area contributed by atoms with Crippen molar-refractivity contribution < 1.29 is 14.3 Å². The maximum Gasteiger partial charge on any atom is 0.317 e. The second-order valence-corrected chi connectivity index (χ2v) is 6.65. The van der Waals surface area contributed by atoms with Crippen LogP contribution in [0.5, 0.6) is 0 Å². The van der Waals surface area contributed by atoms with Gasteiger partial charge < -0.3 is 19.7 Å². The molecule has 6 heteroatoms. The topological polar surface area (TPSA) is 50.8 Å². The van der Waals surface area contributed by atoms with Gasteiger partial charge in [-0.3, -0.25) is 0 Å². The molecule has 1 aromatic carbocycles. The number of hydrogen-bond acceptors (Lipinski definition) is 3. The number of hydrogen-bond donors (Lipinski definition) is 1. The van der Waals surface area contributed by atoms with E-state index in [1.165, 1.54) is 0 Å². The number of urea groups is 1. The molecule has 2 aliphatic heterocycles. The van der Waals surface area contributed by atoms with Gasteiger partial charge in [0, 0.05) is 37.0 Å². The molecule has 0 radical (unpaired) electrons. The Labute approximate surface area is 141 Å². The molecule has 1 aromatic rings. The van der Waals surface area contributed by atoms with Gasteiger partial charge in [0.2, 0.25) is 0 Å². The number of halogens is 1. The van der Waals surface area contributed by atoms with Gasteiger partial charge in [0.05, 0.1) is 13.2 Å². The number of amides is 2. The molecule has 2 aliphatic rings. The summed E-state index contributed by atoms with van der Waals surface area (Å²) < 4.78 is 11.4. The van der Waals surface area contributed by atoms with Crippen LogP contribution >= 0.6 is 11.6 Å². The lowest BCUT2D eigenvalue weighted by molar-refractivity contribution is -0.181. The van der Waals surface area contributed by atoms with Gasteiger partial charge in [-0.15, -0.1) is 0 Å². The van der Waals surface area contributed by atoms with Crippen LogP contribution in [0.15, 0.2) is 24.3 Å². The summed E-state index contributed by atoms with van der Waals surface area (Å²) in [5.74, 6) is -0.444. The van der Waals surface area contributed by atoms with E-state index in [2.05, 4.69) is 5.32 Å². The van der Waals surface area contributed by atoms with E-state index in [9.17, 15) is 4.79 Å². The minimum absolute atomic E-state index is 0.0252. The van der Waals surface area contributed by atoms with E-state index in [1.807, 2.05) is 36.1 Å². The second-order valence-electron chi connectivity index (χ2n) is 6.24. The number of carbonyl (C=O) groups excluding carboxylic acids is 1. The molecule has 0 aliphatic carbocycles. The van der Waals surface area contributed by atoms with E-state index in [0.717, 1.165) is 29.8 Å². The third-order valence-corrected chi connectivity index (χ3v) is 4.85. The van der Waals surface area contributed by atoms with Crippen LogP contribution in [0.25, 0.3) is 0 Å². The molecule has 126 valence electrons. The Morgan fingerprint density at radius 1 is 1.30 bits per heavy atom. The molecule has 1 atom stereocenters. The number of rotatable bonds is 3. The predicted molar refractivity (Wildman–Crippen MR) is 88.6 cm³/mol. The number of nitrogens with zero attached hydrogens (tertiary/aromatic N) is 1. The molecule has 23 heavy (non-hydrogen) atoms. The highest BCUT2D eigenvalue weighted by Gasteiger charge is 2.40. The average molecular weight is 339 g/mol. The monoisotopic (exact) mass is 338 g/mol. The van der Waals surface area contributed by atoms with Crippen LogP contribution in [0.3, 0.4) is 0 Å². The lowest BCUT2D eigenvalue weighted by Crippen LogP contribution is -2.52. The molecular weight excluding hydrogens is 316 g/mol. The summed E-state index contributed by atoms with van der Waals surface area (Å²) in [7, 11) is 0. The largest absolute Gasteiger partial charge is 0.347 e. The Hall–Kier alpha value is -1.30. The highest BCUT2D eigenvalue weighted by atomic mass is 35.5. The molecule has 2 amide bonds. The van der Waals surface area contributed by atoms with Crippen molar-refractivity contribution >= 4 is 17.6 Å². The number of ether oxygens (including phenoxy) is 2. The lowest BCUT2D eigenvalue weighted by Gasteiger charge is -2.37. The molecule has 0 saturated carbocycles. The van der Waals surface area contributed by atoms with E-state index < -0.39 is 5.79 Å². The van der Waals surface area contributed by atoms with Crippen molar-refractivity contribution in [2.45, 2.75) is 38.0 Å². The lowest BCUT2D eigenvalue weighted by atomic mass is 10.0. The summed E-state index contributed by atoms with van der Waals surface area (Å²) in [5, 5.41) is 3.79. The van der Waals surface area contributed by atoms with Crippen molar-refractivity contribution in [3.05, 3.63) is 34.9 Å². The van der Waals surface area contributed by atoms with Crippen LogP contribution in [0.1, 0.15) is 25.3 Å². The van der Waals surface area contributed by atoms with Gasteiger partial charge >= 0.3 is 6.03 Å². The van der Waals surface area contributed by atoms with Crippen molar-refractivity contribution in [2.24, 2.45) is 0 Å². The molecule has 2 fully saturated rings. The molecule has 2 heterocycles. The van der Waals surface area contributed by atoms with Gasteiger partial charge in [0.15, 0.2) is 5.79 Å². The van der Waals surface area contributed by atoms with Gasteiger partial charge in [-0.2, -0.15) is 0 Å². The van der Waals surface area contributed by atoms with Crippen LogP contribution in [-0.2, 0) is 15.9 Å². The van der Waals surface area contributed by atoms with Crippen LogP contribution in [0.4, 0.5) is 4.79 Å². The number of benzene rings is 1. The van der Waals surface area contributed by atoms with Gasteiger partial charge in [-0.05, 0) is 25.0 Å². The summed E-state index contributed by atoms with van der Waals surface area (Å²) in [6.07, 6.45) is 2.19. The third kappa shape index (κ3) is 3.97. The third-order valence-electron chi connectivity index (χ3n) is 4.48. The maximum atomic E-state index is 12.4. The maximum absolute atomic E-state index is 12.4. The number of piperidine rings is 1. The van der Waals surface area contributed by atoms with Crippen molar-refractivity contribution in [1.82, 2.24) is 10.2 Å². The van der Waals surface area contributed by atoms with Crippen molar-refractivity contribution in [3.8, 4) is 0 Å². The Morgan fingerprint density at radius 2 is 1.96 bits per heavy atom. The highest BCUT2D eigenvalue weighted by Crippen LogP contribution is 2.31. The van der Waals surface area contributed by atoms with Gasteiger partial charge in [0.1, 0.15) is 0 Å². The first-order valence-electron chi connectivity index (χ1n) is 8.15. The fraction of sp³-hybridized carbons (Fsp3) is 0.588. The molecule has 1 unspecified atom stereocenters. The first kappa shape index (κ1) is 16.6. The SMILES string of the molecule is CC(Cc1ccccc1Cl)NC(=O)N1CCC2(CC1)OCCO2. The van der Waals surface area contributed by atoms with Gasteiger partial charge in [0.25, 0.3) is 0 Å². The molecule has 1 N–H and O–H groups in total. The standard InChI is InChI=1S/C17H23ClN2O3/c1-13(12-14-4-2-3-5-15(14)18)19-16(21)20-8-6-17(7-9-20)22-10-11-23-17/h2-5,13H,6-12H2,1H3,(H,19,21). The van der Waals surface area contributed by atoms with Crippen molar-refractivity contribution in [3.63, 3.8) is 0 Å². The predicted octanol–water partition coefficient (Wildman–Crippen LogP) is 2.82. The van der Waals surface area contributed by atoms with E-state index >= 15 is 0 Å². The molecule has 0 aromatic heterocycles. The summed E-state index contributed by atoms with van der Waals surface area (Å²) in [6.45, 7) is 4.62. The van der Waals surface area contributed by atoms with Gasteiger partial charge in [-0.25, -0.2) is 4.79 Å². The zero-order valence-corrected chi connectivity index (χ0v) is 14.1. The number of carbonyl (C=O) groups is 1. The van der Waals surface area contributed by atoms with Crippen molar-refractivity contribution in [2.75, 3.05) is 26.3 Å². The normalized spacial score (nSPS) is 21.4. The average Bonchev–Trinajstić information content (AvgIpc) is 2.98. The summed E-state index contributed by atoms with van der Waals surface area (Å²) in [6, 6.07) is 7.73. The first-order chi connectivity index (χ1) is 11.1. The van der Waals surface area contributed by atoms with Crippen molar-refractivity contribution in [1.29, 1.82) is 0 Å². The zero-order chi connectivity index (χ0) is 16.3. The first-order valence-corrected chi connectivity index (χ1v) is 8.53. The minimum Gasteiger partial charge on any atom is -0.347 e. The quantitative estimate of drug-likeness (QED) is 0.922. The van der Waals surface area contributed by atoms with E-state index in [1.54, 1.807) is 0 Å². The summed E-state index contributed by atoms with van der Waals surface area (Å²) >= 11 is 6.17. The number of nitrogens with one attached hydrogen (secondary N) is 1. The van der Waals surface area contributed by atoms with Crippen LogP contribution in [0.2, 0.25) is 5.02 Å². The Bertz CT molecular complexity index is 551. The Kier molecular flexibility index (Phi) is 5.09. The molecule has 2 saturated heterocycles.